The van der Waals surface area contributed by atoms with Gasteiger partial charge in [0, 0.05) is 12.1 Å². The second kappa shape index (κ2) is 6.62. The highest BCUT2D eigenvalue weighted by molar-refractivity contribution is 7.99. The van der Waals surface area contributed by atoms with E-state index in [0.29, 0.717) is 28.9 Å². The molecule has 1 aliphatic rings. The van der Waals surface area contributed by atoms with E-state index < -0.39 is 0 Å². The summed E-state index contributed by atoms with van der Waals surface area (Å²) in [5.41, 5.74) is 0.551. The number of aryl methyl sites for hydroxylation is 1. The predicted molar refractivity (Wildman–Crippen MR) is 87.6 cm³/mol. The van der Waals surface area contributed by atoms with E-state index in [9.17, 15) is 4.79 Å². The highest BCUT2D eigenvalue weighted by Gasteiger charge is 2.28. The third-order valence-corrected chi connectivity index (χ3v) is 4.73. The fourth-order valence-corrected chi connectivity index (χ4v) is 3.37. The first-order chi connectivity index (χ1) is 11.1. The zero-order valence-electron chi connectivity index (χ0n) is 13.4. The van der Waals surface area contributed by atoms with Gasteiger partial charge in [-0.25, -0.2) is 0 Å². The lowest BCUT2D eigenvalue weighted by Gasteiger charge is -2.10. The lowest BCUT2D eigenvalue weighted by Crippen LogP contribution is -2.07. The summed E-state index contributed by atoms with van der Waals surface area (Å²) in [6.07, 6.45) is 2.32. The first-order valence-electron chi connectivity index (χ1n) is 7.43. The van der Waals surface area contributed by atoms with E-state index in [1.54, 1.807) is 32.4 Å². The van der Waals surface area contributed by atoms with Gasteiger partial charge in [0.15, 0.2) is 10.9 Å². The van der Waals surface area contributed by atoms with Crippen molar-refractivity contribution < 1.29 is 14.3 Å². The molecule has 0 N–H and O–H groups in total. The predicted octanol–water partition coefficient (Wildman–Crippen LogP) is 2.91. The van der Waals surface area contributed by atoms with E-state index in [4.69, 9.17) is 9.47 Å². The molecule has 1 saturated carbocycles. The fourth-order valence-electron chi connectivity index (χ4n) is 2.44. The van der Waals surface area contributed by atoms with Crippen molar-refractivity contribution in [1.82, 2.24) is 14.8 Å². The standard InChI is InChI=1S/C16H19N3O3S/c1-10-17-18-16(19(10)11-4-5-11)23-9-14(20)13-7-6-12(21-2)8-15(13)22-3/h6-8,11H,4-5,9H2,1-3H3. The highest BCUT2D eigenvalue weighted by Crippen LogP contribution is 2.38. The minimum Gasteiger partial charge on any atom is -0.497 e. The molecule has 0 saturated heterocycles. The molecule has 0 atom stereocenters. The molecule has 1 aromatic carbocycles. The number of methoxy groups -OCH3 is 2. The quantitative estimate of drug-likeness (QED) is 0.573. The number of rotatable bonds is 7. The summed E-state index contributed by atoms with van der Waals surface area (Å²) in [5, 5.41) is 9.12. The molecule has 2 aromatic rings. The Bertz CT molecular complexity index is 725. The number of Topliss-reactive ketones (excluding diaryl/α,β-unsaturated/α-hetero) is 1. The van der Waals surface area contributed by atoms with Gasteiger partial charge in [0.1, 0.15) is 17.3 Å². The maximum Gasteiger partial charge on any atom is 0.191 e. The Kier molecular flexibility index (Phi) is 4.56. The molecule has 6 nitrogen and oxygen atoms in total. The molecule has 1 aliphatic carbocycles. The zero-order valence-corrected chi connectivity index (χ0v) is 14.2. The van der Waals surface area contributed by atoms with Crippen LogP contribution in [0.4, 0.5) is 0 Å². The summed E-state index contributed by atoms with van der Waals surface area (Å²) in [7, 11) is 3.13. The van der Waals surface area contributed by atoms with Gasteiger partial charge in [0.05, 0.1) is 25.5 Å². The van der Waals surface area contributed by atoms with Crippen molar-refractivity contribution in [3.05, 3.63) is 29.6 Å². The number of ether oxygens (including phenoxy) is 2. The van der Waals surface area contributed by atoms with Crippen LogP contribution in [0.15, 0.2) is 23.4 Å². The third kappa shape index (κ3) is 3.34. The third-order valence-electron chi connectivity index (χ3n) is 3.79. The summed E-state index contributed by atoms with van der Waals surface area (Å²) in [6, 6.07) is 5.71. The summed E-state index contributed by atoms with van der Waals surface area (Å²) >= 11 is 1.42. The number of hydrogen-bond acceptors (Lipinski definition) is 6. The van der Waals surface area contributed by atoms with E-state index in [2.05, 4.69) is 14.8 Å². The van der Waals surface area contributed by atoms with E-state index >= 15 is 0 Å². The van der Waals surface area contributed by atoms with Crippen molar-refractivity contribution in [3.8, 4) is 11.5 Å². The average molecular weight is 333 g/mol. The SMILES string of the molecule is COc1ccc(C(=O)CSc2nnc(C)n2C2CC2)c(OC)c1. The molecule has 0 bridgehead atoms. The Balaban J connectivity index is 1.72. The van der Waals surface area contributed by atoms with E-state index in [0.717, 1.165) is 23.8 Å². The topological polar surface area (TPSA) is 66.2 Å². The van der Waals surface area contributed by atoms with Gasteiger partial charge < -0.3 is 14.0 Å². The Morgan fingerprint density at radius 3 is 2.74 bits per heavy atom. The average Bonchev–Trinajstić information content (AvgIpc) is 3.34. The van der Waals surface area contributed by atoms with Crippen LogP contribution in [0.5, 0.6) is 11.5 Å². The van der Waals surface area contributed by atoms with Gasteiger partial charge >= 0.3 is 0 Å². The highest BCUT2D eigenvalue weighted by atomic mass is 32.2. The van der Waals surface area contributed by atoms with E-state index in [1.807, 2.05) is 6.92 Å². The molecule has 0 spiro atoms. The van der Waals surface area contributed by atoms with Crippen LogP contribution in [0.25, 0.3) is 0 Å². The Morgan fingerprint density at radius 1 is 1.30 bits per heavy atom. The minimum atomic E-state index is -0.00231. The van der Waals surface area contributed by atoms with Crippen molar-refractivity contribution in [1.29, 1.82) is 0 Å². The normalized spacial score (nSPS) is 13.9. The van der Waals surface area contributed by atoms with Crippen LogP contribution < -0.4 is 9.47 Å². The van der Waals surface area contributed by atoms with Gasteiger partial charge in [-0.1, -0.05) is 11.8 Å². The maximum atomic E-state index is 12.5. The lowest BCUT2D eigenvalue weighted by atomic mass is 10.1. The lowest BCUT2D eigenvalue weighted by molar-refractivity contribution is 0.101. The maximum absolute atomic E-state index is 12.5. The van der Waals surface area contributed by atoms with Crippen molar-refractivity contribution in [2.24, 2.45) is 0 Å². The van der Waals surface area contributed by atoms with Crippen LogP contribution in [-0.2, 0) is 0 Å². The summed E-state index contributed by atoms with van der Waals surface area (Å²) in [6.45, 7) is 1.95. The second-order valence-electron chi connectivity index (χ2n) is 5.41. The van der Waals surface area contributed by atoms with Crippen molar-refractivity contribution in [2.75, 3.05) is 20.0 Å². The van der Waals surface area contributed by atoms with Crippen LogP contribution in [-0.4, -0.2) is 40.5 Å². The van der Waals surface area contributed by atoms with E-state index in [1.165, 1.54) is 11.8 Å². The smallest absolute Gasteiger partial charge is 0.191 e. The fraction of sp³-hybridized carbons (Fsp3) is 0.438. The number of hydrogen-bond donors (Lipinski definition) is 0. The van der Waals surface area contributed by atoms with Crippen molar-refractivity contribution in [2.45, 2.75) is 31.0 Å². The van der Waals surface area contributed by atoms with Crippen LogP contribution in [0.3, 0.4) is 0 Å². The van der Waals surface area contributed by atoms with Gasteiger partial charge in [0.25, 0.3) is 0 Å². The molecule has 0 amide bonds. The molecule has 7 heteroatoms. The van der Waals surface area contributed by atoms with Gasteiger partial charge in [-0.05, 0) is 31.9 Å². The van der Waals surface area contributed by atoms with Crippen LogP contribution in [0, 0.1) is 6.92 Å². The molecule has 1 aromatic heterocycles. The Hall–Kier alpha value is -2.02. The Labute approximate surface area is 139 Å². The van der Waals surface area contributed by atoms with Crippen molar-refractivity contribution in [3.63, 3.8) is 0 Å². The number of aromatic nitrogens is 3. The monoisotopic (exact) mass is 333 g/mol. The van der Waals surface area contributed by atoms with Gasteiger partial charge in [-0.2, -0.15) is 0 Å². The zero-order chi connectivity index (χ0) is 16.4. The molecular formula is C16H19N3O3S. The second-order valence-corrected chi connectivity index (χ2v) is 6.35. The number of carbonyl (C=O) groups is 1. The number of thioether (sulfide) groups is 1. The summed E-state index contributed by atoms with van der Waals surface area (Å²) in [4.78, 5) is 12.5. The van der Waals surface area contributed by atoms with Gasteiger partial charge in [0.2, 0.25) is 0 Å². The van der Waals surface area contributed by atoms with Gasteiger partial charge in [-0.3, -0.25) is 4.79 Å². The molecule has 0 unspecified atom stereocenters. The van der Waals surface area contributed by atoms with Crippen LogP contribution in [0.1, 0.15) is 35.1 Å². The molecular weight excluding hydrogens is 314 g/mol. The molecule has 23 heavy (non-hydrogen) atoms. The van der Waals surface area contributed by atoms with Crippen molar-refractivity contribution >= 4 is 17.5 Å². The first-order valence-corrected chi connectivity index (χ1v) is 8.42. The molecule has 122 valence electrons. The van der Waals surface area contributed by atoms with Crippen LogP contribution >= 0.6 is 11.8 Å². The minimum absolute atomic E-state index is 0.00231. The largest absolute Gasteiger partial charge is 0.497 e. The Morgan fingerprint density at radius 2 is 2.09 bits per heavy atom. The number of nitrogens with zero attached hydrogens (tertiary/aromatic N) is 3. The summed E-state index contributed by atoms with van der Waals surface area (Å²) in [5.74, 6) is 2.39. The molecule has 3 rings (SSSR count). The van der Waals surface area contributed by atoms with E-state index in [-0.39, 0.29) is 5.78 Å². The molecule has 1 fully saturated rings. The number of carbonyl (C=O) groups excluding carboxylic acids is 1. The summed E-state index contributed by atoms with van der Waals surface area (Å²) < 4.78 is 12.6. The number of benzene rings is 1. The molecule has 1 heterocycles. The van der Waals surface area contributed by atoms with Gasteiger partial charge in [-0.15, -0.1) is 10.2 Å². The van der Waals surface area contributed by atoms with Crippen LogP contribution in [0.2, 0.25) is 0 Å². The molecule has 0 aliphatic heterocycles. The first kappa shape index (κ1) is 15.9. The molecule has 0 radical (unpaired) electrons. The number of ketones is 1.